The number of carbonyl (C=O) groups excluding carboxylic acids is 3. The Morgan fingerprint density at radius 3 is 0.612 bits per heavy atom. The van der Waals surface area contributed by atoms with E-state index in [1.165, 1.54) is 295 Å². The van der Waals surface area contributed by atoms with Crippen molar-refractivity contribution in [2.24, 2.45) is 0 Å². The zero-order valence-electron chi connectivity index (χ0n) is 82.8. The molecule has 0 radical (unpaired) electrons. The molecule has 16 nitrogen and oxygen atoms in total. The number of hydrogen-bond donors (Lipinski definition) is 4. The Kier molecular flexibility index (Phi) is 98.8. The van der Waals surface area contributed by atoms with E-state index in [0.29, 0.717) is 19.3 Å². The van der Waals surface area contributed by atoms with Gasteiger partial charge < -0.3 is 34.2 Å². The molecule has 0 aromatic carbocycles. The fourth-order valence-corrected chi connectivity index (χ4v) is 16.5. The number of aliphatic hydroxyl groups excluding tert-OH is 2. The number of carbonyl (C=O) groups is 3. The summed E-state index contributed by atoms with van der Waals surface area (Å²) in [7, 11) is -9.82. The van der Waals surface area contributed by atoms with Gasteiger partial charge in [-0.2, -0.15) is 0 Å². The molecule has 0 bridgehead atoms. The quantitative estimate of drug-likeness (QED) is 0.0146. The van der Waals surface area contributed by atoms with Gasteiger partial charge in [-0.15, -0.1) is 0 Å². The highest BCUT2D eigenvalue weighted by Gasteiger charge is 2.30. The van der Waals surface area contributed by atoms with Gasteiger partial charge in [0.2, 0.25) is 0 Å². The van der Waals surface area contributed by atoms with Crippen LogP contribution in [0.3, 0.4) is 0 Å². The first kappa shape index (κ1) is 124. The van der Waals surface area contributed by atoms with Crippen molar-refractivity contribution in [3.63, 3.8) is 0 Å². The third-order valence-corrected chi connectivity index (χ3v) is 24.9. The van der Waals surface area contributed by atoms with Crippen LogP contribution >= 0.6 is 15.6 Å². The smallest absolute Gasteiger partial charge is 0.463 e. The molecule has 0 aliphatic carbocycles. The maximum Gasteiger partial charge on any atom is 0.472 e. The Bertz CT molecular complexity index is 2920. The first-order valence-electron chi connectivity index (χ1n) is 53.1. The van der Waals surface area contributed by atoms with Gasteiger partial charge >= 0.3 is 33.6 Å². The van der Waals surface area contributed by atoms with Crippen molar-refractivity contribution >= 4 is 33.6 Å². The van der Waals surface area contributed by atoms with Crippen LogP contribution in [-0.2, 0) is 55.8 Å². The normalized spacial score (nSPS) is 14.2. The van der Waals surface area contributed by atoms with Gasteiger partial charge in [-0.05, 0) is 154 Å². The van der Waals surface area contributed by atoms with Crippen LogP contribution in [0.1, 0.15) is 483 Å². The summed E-state index contributed by atoms with van der Waals surface area (Å²) in [6.07, 6.45) is 132. The second kappa shape index (κ2) is 102. The van der Waals surface area contributed by atoms with Gasteiger partial charge in [0.15, 0.2) is 6.10 Å². The number of hydrogen-bond acceptors (Lipinski definition) is 14. The number of unbranched alkanes of at least 4 members (excludes halogenated alkanes) is 54. The van der Waals surface area contributed by atoms with Crippen molar-refractivity contribution in [1.82, 2.24) is 0 Å². The molecule has 0 heterocycles. The second-order valence-corrected chi connectivity index (χ2v) is 38.6. The van der Waals surface area contributed by atoms with Gasteiger partial charge in [-0.3, -0.25) is 32.5 Å². The molecule has 4 N–H and O–H groups in total. The Morgan fingerprint density at radius 2 is 0.388 bits per heavy atom. The molecular formula is C111H196O16P2. The highest BCUT2D eigenvalue weighted by Crippen LogP contribution is 2.45. The van der Waals surface area contributed by atoms with Crippen LogP contribution in [0.5, 0.6) is 0 Å². The number of ether oxygens (including phenoxy) is 3. The molecule has 0 spiro atoms. The first-order chi connectivity index (χ1) is 63.2. The minimum Gasteiger partial charge on any atom is -0.463 e. The average molecular weight is 1850 g/mol. The Morgan fingerprint density at radius 1 is 0.217 bits per heavy atom. The lowest BCUT2D eigenvalue weighted by molar-refractivity contribution is -0.161. The number of phosphoric acid groups is 2. The van der Waals surface area contributed by atoms with Crippen molar-refractivity contribution in [3.8, 4) is 0 Å². The number of esters is 3. The third-order valence-electron chi connectivity index (χ3n) is 23.0. The zero-order valence-corrected chi connectivity index (χ0v) is 84.6. The molecule has 5 atom stereocenters. The highest BCUT2D eigenvalue weighted by molar-refractivity contribution is 7.47. The number of rotatable bonds is 101. The molecule has 746 valence electrons. The number of aliphatic hydroxyl groups is 2. The fraction of sp³-hybridized carbons (Fsp3) is 0.757. The maximum absolute atomic E-state index is 13.1. The molecule has 0 saturated carbocycles. The standard InChI is InChI=1S/C111H196O16P2/c1-4-7-10-13-16-19-22-25-28-31-34-37-40-43-46-48-50-52-54-56-59-61-64-67-70-73-76-79-82-85-88-91-94-97-109(114)121-100-106(112)101-123-128(117,118)124-102-107(113)103-125-129(119,120)126-105-108(127-111(116)99-96-93-90-87-84-81-78-75-72-69-66-63-58-45-42-39-36-33-30-27-24-21-18-15-12-9-6-3)104-122-110(115)98-95-92-89-86-83-80-77-74-71-68-65-62-60-57-55-53-51-49-47-44-41-38-35-32-29-26-23-20-17-14-11-8-5-2/h16-21,25-30,34-39,43-47,58,106-108,112-113H,4-15,22-24,31-33,40-42,48-57,59-105H2,1-3H3,(H,117,118)(H,119,120)/b19-16-,20-17-,21-18-,28-25-,29-26-,30-27-,37-34-,38-35-,39-36-,46-43-,47-44-,58-45-. The summed E-state index contributed by atoms with van der Waals surface area (Å²) in [6.45, 7) is 2.69. The molecule has 18 heteroatoms. The Labute approximate surface area is 791 Å². The topological polar surface area (TPSA) is 231 Å². The molecule has 0 saturated heterocycles. The van der Waals surface area contributed by atoms with Crippen LogP contribution in [0.25, 0.3) is 0 Å². The van der Waals surface area contributed by atoms with Gasteiger partial charge in [-0.25, -0.2) is 9.13 Å². The molecule has 0 amide bonds. The van der Waals surface area contributed by atoms with E-state index >= 15 is 0 Å². The predicted octanol–water partition coefficient (Wildman–Crippen LogP) is 33.8. The summed E-state index contributed by atoms with van der Waals surface area (Å²) in [4.78, 5) is 59.3. The minimum atomic E-state index is -4.95. The lowest BCUT2D eigenvalue weighted by atomic mass is 10.0. The summed E-state index contributed by atoms with van der Waals surface area (Å²) in [5.74, 6) is -1.55. The van der Waals surface area contributed by atoms with Crippen molar-refractivity contribution in [1.29, 1.82) is 0 Å². The predicted molar refractivity (Wildman–Crippen MR) is 546 cm³/mol. The second-order valence-electron chi connectivity index (χ2n) is 35.7. The Balaban J connectivity index is 4.59. The van der Waals surface area contributed by atoms with E-state index in [-0.39, 0.29) is 19.3 Å². The van der Waals surface area contributed by atoms with E-state index in [0.717, 1.165) is 128 Å². The molecule has 0 rings (SSSR count). The van der Waals surface area contributed by atoms with Crippen LogP contribution < -0.4 is 0 Å². The molecule has 0 aliphatic heterocycles. The summed E-state index contributed by atoms with van der Waals surface area (Å²) in [5, 5.41) is 20.8. The van der Waals surface area contributed by atoms with E-state index in [4.69, 9.17) is 32.3 Å². The lowest BCUT2D eigenvalue weighted by Crippen LogP contribution is -2.30. The van der Waals surface area contributed by atoms with Crippen LogP contribution in [0.15, 0.2) is 146 Å². The van der Waals surface area contributed by atoms with Crippen LogP contribution in [0.2, 0.25) is 0 Å². The molecule has 0 fully saturated rings. The molecule has 129 heavy (non-hydrogen) atoms. The van der Waals surface area contributed by atoms with E-state index in [1.54, 1.807) is 0 Å². The van der Waals surface area contributed by atoms with Crippen molar-refractivity contribution in [3.05, 3.63) is 146 Å². The largest absolute Gasteiger partial charge is 0.472 e. The maximum atomic E-state index is 13.1. The molecular weight excluding hydrogens is 1650 g/mol. The molecule has 0 aliphatic rings. The third kappa shape index (κ3) is 104. The van der Waals surface area contributed by atoms with Crippen molar-refractivity contribution < 1.29 is 75.8 Å². The number of allylic oxidation sites excluding steroid dienone is 24. The van der Waals surface area contributed by atoms with Gasteiger partial charge in [0.1, 0.15) is 25.4 Å². The van der Waals surface area contributed by atoms with Crippen LogP contribution in [0, 0.1) is 0 Å². The fourth-order valence-electron chi connectivity index (χ4n) is 14.9. The van der Waals surface area contributed by atoms with Gasteiger partial charge in [0.05, 0.1) is 26.4 Å². The summed E-state index contributed by atoms with van der Waals surface area (Å²) in [6, 6.07) is 0. The van der Waals surface area contributed by atoms with E-state index < -0.39 is 91.5 Å². The molecule has 0 aromatic rings. The van der Waals surface area contributed by atoms with Gasteiger partial charge in [0.25, 0.3) is 0 Å². The monoisotopic (exact) mass is 1850 g/mol. The van der Waals surface area contributed by atoms with Gasteiger partial charge in [0, 0.05) is 19.3 Å². The van der Waals surface area contributed by atoms with E-state index in [9.17, 15) is 43.5 Å². The molecule has 5 unspecified atom stereocenters. The summed E-state index contributed by atoms with van der Waals surface area (Å²) < 4.78 is 61.8. The Hall–Kier alpha value is -4.57. The van der Waals surface area contributed by atoms with Gasteiger partial charge in [-0.1, -0.05) is 456 Å². The lowest BCUT2D eigenvalue weighted by Gasteiger charge is -2.21. The molecule has 0 aromatic heterocycles. The SMILES string of the molecule is CCCCC/C=C\C/C=C\C/C=C\C/C=C\CCCCCCCCCCCCCCCCCCCC(=O)OCC(O)COP(=O)(O)OCC(O)COP(=O)(O)OCC(COC(=O)CCCCCCCCCCCCCCCCCCC/C=C\C/C=C\C/C=C\C/C=C\CCCCC)OC(=O)CCCCCCCCCCCCC/C=C\C/C=C\C/C=C\C/C=C\CCCCC. The average Bonchev–Trinajstić information content (AvgIpc) is 0.894. The van der Waals surface area contributed by atoms with Crippen LogP contribution in [0.4, 0.5) is 0 Å². The van der Waals surface area contributed by atoms with E-state index in [1.807, 2.05) is 0 Å². The van der Waals surface area contributed by atoms with Crippen molar-refractivity contribution in [2.45, 2.75) is 501 Å². The minimum absolute atomic E-state index is 0.100. The summed E-state index contributed by atoms with van der Waals surface area (Å²) >= 11 is 0. The van der Waals surface area contributed by atoms with Crippen molar-refractivity contribution in [2.75, 3.05) is 39.6 Å². The van der Waals surface area contributed by atoms with Crippen LogP contribution in [-0.4, -0.2) is 95.9 Å². The van der Waals surface area contributed by atoms with E-state index in [2.05, 4.69) is 167 Å². The zero-order chi connectivity index (χ0) is 93.5. The summed E-state index contributed by atoms with van der Waals surface area (Å²) in [5.41, 5.74) is 0. The first-order valence-corrected chi connectivity index (χ1v) is 56.1. The highest BCUT2D eigenvalue weighted by atomic mass is 31.2. The number of phosphoric ester groups is 2.